The lowest BCUT2D eigenvalue weighted by Gasteiger charge is -2.10. The first kappa shape index (κ1) is 30.2. The van der Waals surface area contributed by atoms with Crippen molar-refractivity contribution in [3.05, 3.63) is 171 Å². The highest BCUT2D eigenvalue weighted by Gasteiger charge is 2.11. The molecule has 0 saturated heterocycles. The van der Waals surface area contributed by atoms with E-state index >= 15 is 0 Å². The molecule has 6 heteroatoms. The Morgan fingerprint density at radius 3 is 0.778 bits per heavy atom. The largest absolute Gasteiger partial charge is 0.254 e. The van der Waals surface area contributed by atoms with Crippen molar-refractivity contribution < 1.29 is 0 Å². The topological polar surface area (TPSA) is 77.3 Å². The predicted octanol–water partition coefficient (Wildman–Crippen LogP) is 11.6. The Balaban J connectivity index is 0.853. The molecule has 11 rings (SSSR count). The highest BCUT2D eigenvalue weighted by atomic mass is 14.7. The monoisotopic (exact) mass is 688 g/mol. The molecule has 0 aliphatic rings. The third kappa shape index (κ3) is 5.04. The lowest BCUT2D eigenvalue weighted by Crippen LogP contribution is -1.89. The Kier molecular flexibility index (Phi) is 6.75. The number of fused-ring (bicyclic) bond motifs is 9. The van der Waals surface area contributed by atoms with E-state index in [2.05, 4.69) is 131 Å². The van der Waals surface area contributed by atoms with Gasteiger partial charge in [-0.25, -0.2) is 0 Å². The number of rotatable bonds is 4. The van der Waals surface area contributed by atoms with Gasteiger partial charge in [0.25, 0.3) is 0 Å². The Morgan fingerprint density at radius 2 is 0.481 bits per heavy atom. The standard InChI is InChI=1S/C48H28N6/c1-3-33-13-15-35-21-39(25-51-45(35)43(33)49-19-1)29-5-9-31(10-6-29)41-23-37-17-18-38-24-42(28-54-48(38)47(37)53-27-41)32-11-7-30(8-12-32)40-22-36-16-14-34-4-2-20-50-44(34)46(36)52-26-40/h1-28H. The molecule has 0 aliphatic heterocycles. The number of pyridine rings is 6. The second-order valence-corrected chi connectivity index (χ2v) is 13.7. The molecule has 0 saturated carbocycles. The van der Waals surface area contributed by atoms with Crippen molar-refractivity contribution in [2.45, 2.75) is 0 Å². The summed E-state index contributed by atoms with van der Waals surface area (Å²) in [4.78, 5) is 28.6. The van der Waals surface area contributed by atoms with E-state index in [4.69, 9.17) is 19.9 Å². The summed E-state index contributed by atoms with van der Waals surface area (Å²) in [5.41, 5.74) is 14.2. The molecule has 54 heavy (non-hydrogen) atoms. The van der Waals surface area contributed by atoms with E-state index in [0.717, 1.165) is 110 Å². The van der Waals surface area contributed by atoms with Crippen LogP contribution in [-0.2, 0) is 0 Å². The molecule has 11 aromatic rings. The minimum absolute atomic E-state index is 0.894. The van der Waals surface area contributed by atoms with Crippen LogP contribution in [0.15, 0.2) is 171 Å². The van der Waals surface area contributed by atoms with E-state index in [1.807, 2.05) is 49.3 Å². The maximum Gasteiger partial charge on any atom is 0.0965 e. The zero-order chi connectivity index (χ0) is 35.6. The Bertz CT molecular complexity index is 3040. The molecular formula is C48H28N6. The molecule has 250 valence electrons. The molecule has 0 aliphatic carbocycles. The molecule has 0 radical (unpaired) electrons. The number of hydrogen-bond acceptors (Lipinski definition) is 6. The molecular weight excluding hydrogens is 661 g/mol. The SMILES string of the molecule is c1cnc2c(c1)ccc1cc(-c3ccc(-c4cnc5c(ccc6cc(-c7ccc(-c8cnc9c(ccc%10cccnc%109)c8)cc7)cnc65)c4)cc3)cnc12. The first-order valence-electron chi connectivity index (χ1n) is 17.9. The summed E-state index contributed by atoms with van der Waals surface area (Å²) in [6.07, 6.45) is 11.4. The van der Waals surface area contributed by atoms with Gasteiger partial charge < -0.3 is 0 Å². The summed E-state index contributed by atoms with van der Waals surface area (Å²) in [5, 5.41) is 6.46. The average molecular weight is 689 g/mol. The van der Waals surface area contributed by atoms with Crippen LogP contribution < -0.4 is 0 Å². The summed E-state index contributed by atoms with van der Waals surface area (Å²) < 4.78 is 0. The van der Waals surface area contributed by atoms with Crippen molar-refractivity contribution in [1.29, 1.82) is 0 Å². The van der Waals surface area contributed by atoms with Gasteiger partial charge in [-0.1, -0.05) is 97.1 Å². The first-order chi connectivity index (χ1) is 26.7. The van der Waals surface area contributed by atoms with Gasteiger partial charge in [0.2, 0.25) is 0 Å². The molecule has 6 nitrogen and oxygen atoms in total. The number of nitrogens with zero attached hydrogens (tertiary/aromatic N) is 6. The lowest BCUT2D eigenvalue weighted by atomic mass is 9.98. The Hall–Kier alpha value is -7.44. The molecule has 5 aromatic carbocycles. The molecule has 0 spiro atoms. The summed E-state index contributed by atoms with van der Waals surface area (Å²) in [5.74, 6) is 0. The van der Waals surface area contributed by atoms with Crippen LogP contribution in [0.3, 0.4) is 0 Å². The van der Waals surface area contributed by atoms with Crippen LogP contribution in [0.5, 0.6) is 0 Å². The van der Waals surface area contributed by atoms with E-state index in [1.54, 1.807) is 0 Å². The molecule has 0 atom stereocenters. The van der Waals surface area contributed by atoms with Crippen molar-refractivity contribution in [2.24, 2.45) is 0 Å². The molecule has 0 N–H and O–H groups in total. The Morgan fingerprint density at radius 1 is 0.222 bits per heavy atom. The normalized spacial score (nSPS) is 11.7. The predicted molar refractivity (Wildman–Crippen MR) is 220 cm³/mol. The molecule has 0 bridgehead atoms. The van der Waals surface area contributed by atoms with Gasteiger partial charge in [-0.05, 0) is 58.7 Å². The quantitative estimate of drug-likeness (QED) is 0.171. The van der Waals surface area contributed by atoms with Crippen molar-refractivity contribution >= 4 is 65.4 Å². The van der Waals surface area contributed by atoms with Crippen LogP contribution in [0.2, 0.25) is 0 Å². The molecule has 6 heterocycles. The Labute approximate surface area is 309 Å². The fourth-order valence-electron chi connectivity index (χ4n) is 7.61. The minimum Gasteiger partial charge on any atom is -0.254 e. The highest BCUT2D eigenvalue weighted by molar-refractivity contribution is 6.06. The van der Waals surface area contributed by atoms with Crippen molar-refractivity contribution in [1.82, 2.24) is 29.9 Å². The number of aromatic nitrogens is 6. The highest BCUT2D eigenvalue weighted by Crippen LogP contribution is 2.33. The van der Waals surface area contributed by atoms with E-state index in [1.165, 1.54) is 0 Å². The third-order valence-corrected chi connectivity index (χ3v) is 10.4. The zero-order valence-corrected chi connectivity index (χ0v) is 28.8. The average Bonchev–Trinajstić information content (AvgIpc) is 3.25. The first-order valence-corrected chi connectivity index (χ1v) is 17.9. The van der Waals surface area contributed by atoms with Crippen LogP contribution in [0.4, 0.5) is 0 Å². The van der Waals surface area contributed by atoms with E-state index < -0.39 is 0 Å². The van der Waals surface area contributed by atoms with Gasteiger partial charge in [0.15, 0.2) is 0 Å². The van der Waals surface area contributed by atoms with Gasteiger partial charge in [0.1, 0.15) is 0 Å². The summed E-state index contributed by atoms with van der Waals surface area (Å²) >= 11 is 0. The van der Waals surface area contributed by atoms with Crippen LogP contribution >= 0.6 is 0 Å². The number of hydrogen-bond donors (Lipinski definition) is 0. The van der Waals surface area contributed by atoms with Crippen molar-refractivity contribution in [3.8, 4) is 44.5 Å². The second kappa shape index (κ2) is 12.1. The fraction of sp³-hybridized carbons (Fsp3) is 0. The smallest absolute Gasteiger partial charge is 0.0965 e. The zero-order valence-electron chi connectivity index (χ0n) is 28.8. The minimum atomic E-state index is 0.894. The summed E-state index contributed by atoms with van der Waals surface area (Å²) in [6, 6.07) is 46.7. The molecule has 0 amide bonds. The maximum atomic E-state index is 4.92. The molecule has 6 aromatic heterocycles. The third-order valence-electron chi connectivity index (χ3n) is 10.4. The van der Waals surface area contributed by atoms with Crippen molar-refractivity contribution in [2.75, 3.05) is 0 Å². The van der Waals surface area contributed by atoms with Gasteiger partial charge in [0, 0.05) is 91.8 Å². The number of benzene rings is 5. The van der Waals surface area contributed by atoms with Gasteiger partial charge >= 0.3 is 0 Å². The summed E-state index contributed by atoms with van der Waals surface area (Å²) in [6.45, 7) is 0. The van der Waals surface area contributed by atoms with Crippen molar-refractivity contribution in [3.63, 3.8) is 0 Å². The van der Waals surface area contributed by atoms with Gasteiger partial charge in [0.05, 0.1) is 33.1 Å². The van der Waals surface area contributed by atoms with Gasteiger partial charge in [-0.3, -0.25) is 29.9 Å². The van der Waals surface area contributed by atoms with E-state index in [0.29, 0.717) is 0 Å². The van der Waals surface area contributed by atoms with Crippen LogP contribution in [0, 0.1) is 0 Å². The van der Waals surface area contributed by atoms with E-state index in [-0.39, 0.29) is 0 Å². The van der Waals surface area contributed by atoms with Crippen LogP contribution in [0.1, 0.15) is 0 Å². The lowest BCUT2D eigenvalue weighted by molar-refractivity contribution is 1.37. The van der Waals surface area contributed by atoms with E-state index in [9.17, 15) is 0 Å². The van der Waals surface area contributed by atoms with Gasteiger partial charge in [-0.2, -0.15) is 0 Å². The molecule has 0 fully saturated rings. The maximum absolute atomic E-state index is 4.92. The second-order valence-electron chi connectivity index (χ2n) is 13.7. The fourth-order valence-corrected chi connectivity index (χ4v) is 7.61. The molecule has 0 unspecified atom stereocenters. The summed E-state index contributed by atoms with van der Waals surface area (Å²) in [7, 11) is 0. The van der Waals surface area contributed by atoms with Crippen LogP contribution in [0.25, 0.3) is 110 Å². The van der Waals surface area contributed by atoms with Crippen LogP contribution in [-0.4, -0.2) is 29.9 Å². The van der Waals surface area contributed by atoms with Gasteiger partial charge in [-0.15, -0.1) is 0 Å².